The smallest absolute Gasteiger partial charge is 0.270 e. The molecule has 3 aromatic rings. The fourth-order valence-electron chi connectivity index (χ4n) is 2.79. The van der Waals surface area contributed by atoms with Crippen LogP contribution in [0.2, 0.25) is 0 Å². The Kier molecular flexibility index (Phi) is 5.12. The molecule has 1 heterocycles. The summed E-state index contributed by atoms with van der Waals surface area (Å²) < 4.78 is 0. The van der Waals surface area contributed by atoms with E-state index in [1.807, 2.05) is 6.20 Å². The molecule has 3 rings (SSSR count). The van der Waals surface area contributed by atoms with Gasteiger partial charge in [0.1, 0.15) is 0 Å². The zero-order valence-corrected chi connectivity index (χ0v) is 14.4. The number of nitrogens with zero attached hydrogens (tertiary/aromatic N) is 1. The lowest BCUT2D eigenvalue weighted by molar-refractivity contribution is -0.384. The third-order valence-electron chi connectivity index (χ3n) is 4.12. The lowest BCUT2D eigenvalue weighted by Gasteiger charge is -2.02. The molecule has 0 saturated heterocycles. The van der Waals surface area contributed by atoms with E-state index in [1.54, 1.807) is 18.2 Å². The van der Waals surface area contributed by atoms with Crippen LogP contribution in [0, 0.1) is 17.0 Å². The Hall–Kier alpha value is -3.41. The molecule has 0 aliphatic heterocycles. The second-order valence-corrected chi connectivity index (χ2v) is 6.09. The molecule has 0 atom stereocenters. The Morgan fingerprint density at radius 2 is 2.12 bits per heavy atom. The summed E-state index contributed by atoms with van der Waals surface area (Å²) in [5.41, 5.74) is 4.06. The normalized spacial score (nSPS) is 11.1. The molecule has 2 N–H and O–H groups in total. The van der Waals surface area contributed by atoms with Crippen molar-refractivity contribution in [1.82, 2.24) is 10.3 Å². The standard InChI is InChI=1S/C20H19N3O3/c1-14-5-7-19-18(11-14)16(13-22-19)9-10-21-20(24)8-6-15-3-2-4-17(12-15)23(25)26/h2-8,11-13,22H,9-10H2,1H3,(H,21,24)/b8-6+. The number of fused-ring (bicyclic) bond motifs is 1. The van der Waals surface area contributed by atoms with Crippen LogP contribution >= 0.6 is 0 Å². The van der Waals surface area contributed by atoms with E-state index < -0.39 is 4.92 Å². The number of amides is 1. The van der Waals surface area contributed by atoms with Gasteiger partial charge in [0, 0.05) is 41.9 Å². The van der Waals surface area contributed by atoms with Crippen LogP contribution in [0.15, 0.2) is 54.7 Å². The van der Waals surface area contributed by atoms with Gasteiger partial charge < -0.3 is 10.3 Å². The molecule has 0 fully saturated rings. The second-order valence-electron chi connectivity index (χ2n) is 6.09. The molecule has 1 amide bonds. The van der Waals surface area contributed by atoms with Crippen molar-refractivity contribution in [3.05, 3.63) is 81.5 Å². The summed E-state index contributed by atoms with van der Waals surface area (Å²) in [5.74, 6) is -0.229. The van der Waals surface area contributed by atoms with Crippen LogP contribution < -0.4 is 5.32 Å². The van der Waals surface area contributed by atoms with E-state index in [9.17, 15) is 14.9 Å². The zero-order chi connectivity index (χ0) is 18.5. The Labute approximate surface area is 150 Å². The summed E-state index contributed by atoms with van der Waals surface area (Å²) >= 11 is 0. The highest BCUT2D eigenvalue weighted by atomic mass is 16.6. The van der Waals surface area contributed by atoms with E-state index in [0.29, 0.717) is 12.1 Å². The van der Waals surface area contributed by atoms with Crippen LogP contribution in [0.3, 0.4) is 0 Å². The van der Waals surface area contributed by atoms with Crippen LogP contribution in [0.25, 0.3) is 17.0 Å². The van der Waals surface area contributed by atoms with Crippen molar-refractivity contribution in [2.75, 3.05) is 6.54 Å². The molecular formula is C20H19N3O3. The van der Waals surface area contributed by atoms with Gasteiger partial charge in [0.05, 0.1) is 4.92 Å². The number of benzene rings is 2. The second kappa shape index (κ2) is 7.65. The number of aromatic amines is 1. The predicted molar refractivity (Wildman–Crippen MR) is 102 cm³/mol. The third kappa shape index (κ3) is 4.16. The number of aryl methyl sites for hydroxylation is 1. The van der Waals surface area contributed by atoms with E-state index in [2.05, 4.69) is 35.4 Å². The van der Waals surface area contributed by atoms with E-state index in [-0.39, 0.29) is 11.6 Å². The fraction of sp³-hybridized carbons (Fsp3) is 0.150. The number of hydrogen-bond acceptors (Lipinski definition) is 3. The first-order valence-corrected chi connectivity index (χ1v) is 8.30. The highest BCUT2D eigenvalue weighted by molar-refractivity contribution is 5.91. The number of nitro benzene ring substituents is 1. The van der Waals surface area contributed by atoms with Gasteiger partial charge in [0.15, 0.2) is 0 Å². The van der Waals surface area contributed by atoms with Crippen molar-refractivity contribution in [3.63, 3.8) is 0 Å². The van der Waals surface area contributed by atoms with E-state index in [4.69, 9.17) is 0 Å². The largest absolute Gasteiger partial charge is 0.361 e. The molecule has 26 heavy (non-hydrogen) atoms. The first-order chi connectivity index (χ1) is 12.5. The summed E-state index contributed by atoms with van der Waals surface area (Å²) in [6.07, 6.45) is 5.64. The molecule has 0 bridgehead atoms. The molecule has 2 aromatic carbocycles. The van der Waals surface area contributed by atoms with Gasteiger partial charge in [-0.05, 0) is 42.7 Å². The zero-order valence-electron chi connectivity index (χ0n) is 14.4. The van der Waals surface area contributed by atoms with Gasteiger partial charge in [-0.15, -0.1) is 0 Å². The number of aromatic nitrogens is 1. The minimum Gasteiger partial charge on any atom is -0.361 e. The fourth-order valence-corrected chi connectivity index (χ4v) is 2.79. The summed E-state index contributed by atoms with van der Waals surface area (Å²) in [7, 11) is 0. The topological polar surface area (TPSA) is 88.0 Å². The predicted octanol–water partition coefficient (Wildman–Crippen LogP) is 3.76. The Morgan fingerprint density at radius 3 is 2.92 bits per heavy atom. The summed E-state index contributed by atoms with van der Waals surface area (Å²) in [6.45, 7) is 2.57. The quantitative estimate of drug-likeness (QED) is 0.403. The number of hydrogen-bond donors (Lipinski definition) is 2. The molecule has 132 valence electrons. The van der Waals surface area contributed by atoms with Crippen molar-refractivity contribution in [3.8, 4) is 0 Å². The maximum Gasteiger partial charge on any atom is 0.270 e. The minimum absolute atomic E-state index is 0.00203. The number of non-ortho nitro benzene ring substituents is 1. The summed E-state index contributed by atoms with van der Waals surface area (Å²) in [6, 6.07) is 12.4. The monoisotopic (exact) mass is 349 g/mol. The van der Waals surface area contributed by atoms with Gasteiger partial charge in [-0.1, -0.05) is 23.8 Å². The van der Waals surface area contributed by atoms with Gasteiger partial charge in [-0.25, -0.2) is 0 Å². The average molecular weight is 349 g/mol. The van der Waals surface area contributed by atoms with Gasteiger partial charge in [-0.2, -0.15) is 0 Å². The van der Waals surface area contributed by atoms with Crippen molar-refractivity contribution < 1.29 is 9.72 Å². The number of nitrogens with one attached hydrogen (secondary N) is 2. The van der Waals surface area contributed by atoms with Crippen LogP contribution in [0.1, 0.15) is 16.7 Å². The molecule has 0 spiro atoms. The van der Waals surface area contributed by atoms with E-state index in [0.717, 1.165) is 17.5 Å². The molecule has 0 unspecified atom stereocenters. The van der Waals surface area contributed by atoms with E-state index >= 15 is 0 Å². The highest BCUT2D eigenvalue weighted by Crippen LogP contribution is 2.19. The Morgan fingerprint density at radius 1 is 1.27 bits per heavy atom. The van der Waals surface area contributed by atoms with Crippen molar-refractivity contribution in [1.29, 1.82) is 0 Å². The molecule has 1 aromatic heterocycles. The minimum atomic E-state index is -0.458. The molecule has 0 saturated carbocycles. The summed E-state index contributed by atoms with van der Waals surface area (Å²) in [5, 5.41) is 14.8. The number of carbonyl (C=O) groups excluding carboxylic acids is 1. The lowest BCUT2D eigenvalue weighted by atomic mass is 10.1. The van der Waals surface area contributed by atoms with Gasteiger partial charge in [-0.3, -0.25) is 14.9 Å². The molecule has 0 radical (unpaired) electrons. The van der Waals surface area contributed by atoms with Gasteiger partial charge >= 0.3 is 0 Å². The van der Waals surface area contributed by atoms with Crippen LogP contribution in [0.5, 0.6) is 0 Å². The molecular weight excluding hydrogens is 330 g/mol. The number of nitro groups is 1. The first-order valence-electron chi connectivity index (χ1n) is 8.30. The molecule has 6 heteroatoms. The van der Waals surface area contributed by atoms with Gasteiger partial charge in [0.2, 0.25) is 5.91 Å². The molecule has 0 aliphatic rings. The van der Waals surface area contributed by atoms with Crippen LogP contribution in [-0.2, 0) is 11.2 Å². The van der Waals surface area contributed by atoms with Crippen molar-refractivity contribution in [2.24, 2.45) is 0 Å². The Balaban J connectivity index is 1.56. The number of rotatable bonds is 6. The van der Waals surface area contributed by atoms with Crippen molar-refractivity contribution >= 4 is 28.6 Å². The highest BCUT2D eigenvalue weighted by Gasteiger charge is 2.05. The van der Waals surface area contributed by atoms with E-state index in [1.165, 1.54) is 29.2 Å². The number of carbonyl (C=O) groups is 1. The first kappa shape index (κ1) is 17.4. The SMILES string of the molecule is Cc1ccc2[nH]cc(CCNC(=O)/C=C/c3cccc([N+](=O)[O-])c3)c2c1. The maximum absolute atomic E-state index is 11.9. The third-order valence-corrected chi connectivity index (χ3v) is 4.12. The van der Waals surface area contributed by atoms with Crippen LogP contribution in [0.4, 0.5) is 5.69 Å². The summed E-state index contributed by atoms with van der Waals surface area (Å²) in [4.78, 5) is 25.5. The Bertz CT molecular complexity index is 989. The number of H-pyrrole nitrogens is 1. The van der Waals surface area contributed by atoms with Gasteiger partial charge in [0.25, 0.3) is 5.69 Å². The molecule has 0 aliphatic carbocycles. The maximum atomic E-state index is 11.9. The van der Waals surface area contributed by atoms with Crippen LogP contribution in [-0.4, -0.2) is 22.4 Å². The van der Waals surface area contributed by atoms with Crippen molar-refractivity contribution in [2.45, 2.75) is 13.3 Å². The molecule has 6 nitrogen and oxygen atoms in total. The lowest BCUT2D eigenvalue weighted by Crippen LogP contribution is -2.23. The average Bonchev–Trinajstić information content (AvgIpc) is 3.02.